The Labute approximate surface area is 189 Å². The molecule has 0 fully saturated rings. The Kier molecular flexibility index (Phi) is 142. The summed E-state index contributed by atoms with van der Waals surface area (Å²) in [4.78, 5) is 0. The summed E-state index contributed by atoms with van der Waals surface area (Å²) in [5.74, 6) is 0. The lowest BCUT2D eigenvalue weighted by molar-refractivity contribution is 0.132. The van der Waals surface area contributed by atoms with Gasteiger partial charge in [-0.1, -0.05) is 38.5 Å². The van der Waals surface area contributed by atoms with Crippen LogP contribution in [-0.2, 0) is 9.47 Å². The SMILES string of the molecule is C=CC.C=CC.C=CC.CCCCOCCC.CCOCC.OCCO.OCCO. The molecule has 0 saturated carbocycles. The van der Waals surface area contributed by atoms with Crippen molar-refractivity contribution in [3.8, 4) is 0 Å². The highest BCUT2D eigenvalue weighted by atomic mass is 16.5. The predicted octanol–water partition coefficient (Wildman–Crippen LogP) is 4.77. The minimum absolute atomic E-state index is 0.125. The minimum Gasteiger partial charge on any atom is -0.394 e. The molecule has 0 aliphatic rings. The summed E-state index contributed by atoms with van der Waals surface area (Å²) in [5, 5.41) is 30.5. The molecule has 188 valence electrons. The van der Waals surface area contributed by atoms with Crippen molar-refractivity contribution in [1.29, 1.82) is 0 Å². The van der Waals surface area contributed by atoms with Crippen LogP contribution >= 0.6 is 0 Å². The van der Waals surface area contributed by atoms with E-state index in [1.165, 1.54) is 12.8 Å². The smallest absolute Gasteiger partial charge is 0.0662 e. The van der Waals surface area contributed by atoms with E-state index in [2.05, 4.69) is 33.6 Å². The summed E-state index contributed by atoms with van der Waals surface area (Å²) in [5.41, 5.74) is 0. The number of ether oxygens (including phenoxy) is 2. The molecule has 0 radical (unpaired) electrons. The number of unbranched alkanes of at least 4 members (excludes halogenated alkanes) is 1. The first-order valence-corrected chi connectivity index (χ1v) is 10.7. The molecule has 0 heterocycles. The van der Waals surface area contributed by atoms with E-state index in [0.29, 0.717) is 0 Å². The molecule has 0 atom stereocenters. The molecule has 6 heteroatoms. The van der Waals surface area contributed by atoms with Gasteiger partial charge in [-0.3, -0.25) is 0 Å². The van der Waals surface area contributed by atoms with Crippen molar-refractivity contribution < 1.29 is 29.9 Å². The molecule has 0 aliphatic carbocycles. The van der Waals surface area contributed by atoms with E-state index >= 15 is 0 Å². The molecule has 6 nitrogen and oxygen atoms in total. The van der Waals surface area contributed by atoms with E-state index in [1.54, 1.807) is 18.2 Å². The lowest BCUT2D eigenvalue weighted by Gasteiger charge is -1.97. The van der Waals surface area contributed by atoms with Crippen LogP contribution in [0.15, 0.2) is 38.0 Å². The number of hydrogen-bond donors (Lipinski definition) is 4. The maximum Gasteiger partial charge on any atom is 0.0662 e. The van der Waals surface area contributed by atoms with Gasteiger partial charge >= 0.3 is 0 Å². The molecule has 0 saturated heterocycles. The normalized spacial score (nSPS) is 7.30. The number of rotatable bonds is 9. The van der Waals surface area contributed by atoms with Gasteiger partial charge in [-0.05, 0) is 47.5 Å². The zero-order chi connectivity index (χ0) is 25.3. The third kappa shape index (κ3) is 286. The molecule has 30 heavy (non-hydrogen) atoms. The molecule has 0 bridgehead atoms. The number of allylic oxidation sites excluding steroid dienone is 3. The van der Waals surface area contributed by atoms with E-state index in [4.69, 9.17) is 29.9 Å². The summed E-state index contributed by atoms with van der Waals surface area (Å²) in [7, 11) is 0. The van der Waals surface area contributed by atoms with Gasteiger partial charge in [-0.2, -0.15) is 0 Å². The molecule has 0 amide bonds. The van der Waals surface area contributed by atoms with Crippen molar-refractivity contribution in [2.75, 3.05) is 52.9 Å². The van der Waals surface area contributed by atoms with Crippen molar-refractivity contribution in [3.05, 3.63) is 38.0 Å². The third-order valence-electron chi connectivity index (χ3n) is 1.60. The highest BCUT2D eigenvalue weighted by molar-refractivity contribution is 4.52. The van der Waals surface area contributed by atoms with Gasteiger partial charge in [0.05, 0.1) is 26.4 Å². The van der Waals surface area contributed by atoms with E-state index < -0.39 is 0 Å². The fourth-order valence-corrected chi connectivity index (χ4v) is 0.697. The van der Waals surface area contributed by atoms with Crippen molar-refractivity contribution >= 4 is 0 Å². The van der Waals surface area contributed by atoms with E-state index in [9.17, 15) is 0 Å². The fraction of sp³-hybridized carbons (Fsp3) is 0.750. The highest BCUT2D eigenvalue weighted by Crippen LogP contribution is 1.88. The van der Waals surface area contributed by atoms with E-state index in [0.717, 1.165) is 32.8 Å². The lowest BCUT2D eigenvalue weighted by Crippen LogP contribution is -1.93. The Hall–Kier alpha value is -1.02. The number of aliphatic hydroxyl groups excluding tert-OH is 4. The van der Waals surface area contributed by atoms with E-state index in [1.807, 2.05) is 34.6 Å². The molecule has 0 rings (SSSR count). The van der Waals surface area contributed by atoms with Crippen molar-refractivity contribution in [3.63, 3.8) is 0 Å². The topological polar surface area (TPSA) is 99.4 Å². The molecule has 4 N–H and O–H groups in total. The summed E-state index contributed by atoms with van der Waals surface area (Å²) in [6.07, 6.45) is 8.84. The van der Waals surface area contributed by atoms with Gasteiger partial charge in [-0.15, -0.1) is 19.7 Å². The summed E-state index contributed by atoms with van der Waals surface area (Å²) in [6.45, 7) is 27.1. The standard InChI is InChI=1S/C7H16O.C4H10O.3C3H6.2C2H6O2/c1-3-5-7-8-6-4-2;1-3-5-4-2;3*1-3-2;2*3-1-2-4/h3-7H2,1-2H3;3-4H2,1-2H3;3*3H,1H2,2H3;2*3-4H,1-2H2. The Morgan fingerprint density at radius 3 is 1.00 bits per heavy atom. The van der Waals surface area contributed by atoms with Crippen LogP contribution in [0.25, 0.3) is 0 Å². The number of hydrogen-bond acceptors (Lipinski definition) is 6. The first-order valence-electron chi connectivity index (χ1n) is 10.7. The molecule has 0 aromatic rings. The Bertz CT molecular complexity index is 182. The van der Waals surface area contributed by atoms with Crippen LogP contribution in [0, 0.1) is 0 Å². The lowest BCUT2D eigenvalue weighted by atomic mass is 10.4. The zero-order valence-electron chi connectivity index (χ0n) is 21.2. The van der Waals surface area contributed by atoms with Gasteiger partial charge in [0.25, 0.3) is 0 Å². The van der Waals surface area contributed by atoms with Crippen LogP contribution in [-0.4, -0.2) is 73.3 Å². The highest BCUT2D eigenvalue weighted by Gasteiger charge is 1.81. The van der Waals surface area contributed by atoms with Gasteiger partial charge in [0, 0.05) is 26.4 Å². The molecular formula is C24H56O6. The monoisotopic (exact) mass is 440 g/mol. The summed E-state index contributed by atoms with van der Waals surface area (Å²) >= 11 is 0. The van der Waals surface area contributed by atoms with Gasteiger partial charge in [-0.25, -0.2) is 0 Å². The summed E-state index contributed by atoms with van der Waals surface area (Å²) < 4.78 is 10.1. The second-order valence-electron chi connectivity index (χ2n) is 4.87. The average molecular weight is 441 g/mol. The Balaban J connectivity index is -0.0000000428. The second kappa shape index (κ2) is 90.8. The number of aliphatic hydroxyl groups is 4. The molecule has 0 aliphatic heterocycles. The summed E-state index contributed by atoms with van der Waals surface area (Å²) in [6, 6.07) is 0. The molecule has 0 aromatic carbocycles. The molecule has 0 aromatic heterocycles. The third-order valence-corrected chi connectivity index (χ3v) is 1.60. The predicted molar refractivity (Wildman–Crippen MR) is 134 cm³/mol. The van der Waals surface area contributed by atoms with Crippen LogP contribution in [0.2, 0.25) is 0 Å². The van der Waals surface area contributed by atoms with Crippen LogP contribution in [0.5, 0.6) is 0 Å². The van der Waals surface area contributed by atoms with Crippen molar-refractivity contribution in [2.45, 2.75) is 67.7 Å². The Morgan fingerprint density at radius 1 is 0.567 bits per heavy atom. The molecule has 0 unspecified atom stereocenters. The van der Waals surface area contributed by atoms with E-state index in [-0.39, 0.29) is 26.4 Å². The minimum atomic E-state index is -0.125. The van der Waals surface area contributed by atoms with Gasteiger partial charge in [0.1, 0.15) is 0 Å². The van der Waals surface area contributed by atoms with Crippen LogP contribution in [0.3, 0.4) is 0 Å². The maximum absolute atomic E-state index is 7.62. The Morgan fingerprint density at radius 2 is 0.867 bits per heavy atom. The fourth-order valence-electron chi connectivity index (χ4n) is 0.697. The first-order chi connectivity index (χ1) is 14.4. The zero-order valence-corrected chi connectivity index (χ0v) is 21.2. The van der Waals surface area contributed by atoms with Crippen LogP contribution in [0.4, 0.5) is 0 Å². The largest absolute Gasteiger partial charge is 0.394 e. The molecule has 0 spiro atoms. The quantitative estimate of drug-likeness (QED) is 0.304. The van der Waals surface area contributed by atoms with Gasteiger partial charge in [0.2, 0.25) is 0 Å². The molecular weight excluding hydrogens is 384 g/mol. The maximum atomic E-state index is 7.62. The van der Waals surface area contributed by atoms with Gasteiger partial charge in [0.15, 0.2) is 0 Å². The van der Waals surface area contributed by atoms with Gasteiger partial charge < -0.3 is 29.9 Å². The van der Waals surface area contributed by atoms with Crippen LogP contribution in [0.1, 0.15) is 67.7 Å². The average Bonchev–Trinajstić information content (AvgIpc) is 2.74. The first kappa shape index (κ1) is 47.0. The van der Waals surface area contributed by atoms with Crippen LogP contribution < -0.4 is 0 Å². The van der Waals surface area contributed by atoms with Crippen molar-refractivity contribution in [2.24, 2.45) is 0 Å². The second-order valence-corrected chi connectivity index (χ2v) is 4.87. The van der Waals surface area contributed by atoms with Crippen molar-refractivity contribution in [1.82, 2.24) is 0 Å².